The van der Waals surface area contributed by atoms with Gasteiger partial charge in [0.15, 0.2) is 0 Å². The lowest BCUT2D eigenvalue weighted by molar-refractivity contribution is -0.121. The largest absolute Gasteiger partial charge is 0.298 e. The highest BCUT2D eigenvalue weighted by molar-refractivity contribution is 6.28. The first-order chi connectivity index (χ1) is 9.49. The third-order valence-electron chi connectivity index (χ3n) is 3.13. The molecule has 104 valence electrons. The van der Waals surface area contributed by atoms with Gasteiger partial charge in [-0.25, -0.2) is 19.9 Å². The number of aromatic nitrogens is 4. The van der Waals surface area contributed by atoms with Crippen LogP contribution in [0.15, 0.2) is 24.8 Å². The van der Waals surface area contributed by atoms with E-state index in [1.807, 2.05) is 13.8 Å². The van der Waals surface area contributed by atoms with Crippen LogP contribution in [-0.4, -0.2) is 25.7 Å². The lowest BCUT2D eigenvalue weighted by Crippen LogP contribution is -2.17. The SMILES string of the molecule is CC(C(=O)C(C)c1cnc(Cl)nc1)c1cnc(Cl)nc1. The van der Waals surface area contributed by atoms with Crippen molar-refractivity contribution in [3.8, 4) is 0 Å². The Labute approximate surface area is 126 Å². The molecule has 0 N–H and O–H groups in total. The average molecular weight is 311 g/mol. The molecule has 0 fully saturated rings. The Hall–Kier alpha value is -1.59. The Balaban J connectivity index is 2.17. The van der Waals surface area contributed by atoms with Gasteiger partial charge in [0.1, 0.15) is 5.78 Å². The summed E-state index contributed by atoms with van der Waals surface area (Å²) in [6.07, 6.45) is 6.23. The van der Waals surface area contributed by atoms with Gasteiger partial charge in [-0.2, -0.15) is 0 Å². The number of carbonyl (C=O) groups is 1. The van der Waals surface area contributed by atoms with Crippen molar-refractivity contribution < 1.29 is 4.79 Å². The van der Waals surface area contributed by atoms with Gasteiger partial charge in [0, 0.05) is 36.6 Å². The summed E-state index contributed by atoms with van der Waals surface area (Å²) in [6, 6.07) is 0. The van der Waals surface area contributed by atoms with Crippen molar-refractivity contribution in [2.75, 3.05) is 0 Å². The molecule has 2 aromatic rings. The molecule has 2 unspecified atom stereocenters. The molecule has 2 heterocycles. The van der Waals surface area contributed by atoms with Gasteiger partial charge in [-0.05, 0) is 34.3 Å². The third kappa shape index (κ3) is 3.29. The number of carbonyl (C=O) groups excluding carboxylic acids is 1. The fourth-order valence-corrected chi connectivity index (χ4v) is 1.99. The topological polar surface area (TPSA) is 68.6 Å². The second-order valence-corrected chi connectivity index (χ2v) is 5.09. The summed E-state index contributed by atoms with van der Waals surface area (Å²) in [5.74, 6) is -0.641. The number of Topliss-reactive ketones (excluding diaryl/α,β-unsaturated/α-hetero) is 1. The quantitative estimate of drug-likeness (QED) is 0.812. The Kier molecular flexibility index (Phi) is 4.62. The van der Waals surface area contributed by atoms with Gasteiger partial charge in [-0.1, -0.05) is 13.8 Å². The van der Waals surface area contributed by atoms with Crippen LogP contribution in [-0.2, 0) is 4.79 Å². The number of ketones is 1. The van der Waals surface area contributed by atoms with Gasteiger partial charge in [0.05, 0.1) is 0 Å². The molecule has 5 nitrogen and oxygen atoms in total. The van der Waals surface area contributed by atoms with Gasteiger partial charge in [-0.15, -0.1) is 0 Å². The molecule has 0 aliphatic carbocycles. The predicted octanol–water partition coefficient (Wildman–Crippen LogP) is 3.05. The molecule has 0 spiro atoms. The van der Waals surface area contributed by atoms with Crippen molar-refractivity contribution in [1.29, 1.82) is 0 Å². The summed E-state index contributed by atoms with van der Waals surface area (Å²) >= 11 is 11.3. The van der Waals surface area contributed by atoms with E-state index in [0.29, 0.717) is 0 Å². The lowest BCUT2D eigenvalue weighted by atomic mass is 9.88. The van der Waals surface area contributed by atoms with E-state index in [1.54, 1.807) is 24.8 Å². The number of hydrogen-bond donors (Lipinski definition) is 0. The van der Waals surface area contributed by atoms with Crippen LogP contribution in [0.1, 0.15) is 36.8 Å². The molecule has 0 saturated carbocycles. The number of hydrogen-bond acceptors (Lipinski definition) is 5. The molecule has 0 bridgehead atoms. The van der Waals surface area contributed by atoms with Gasteiger partial charge in [0.25, 0.3) is 0 Å². The van der Waals surface area contributed by atoms with Crippen LogP contribution < -0.4 is 0 Å². The normalized spacial score (nSPS) is 13.8. The maximum absolute atomic E-state index is 12.4. The zero-order chi connectivity index (χ0) is 14.7. The second-order valence-electron chi connectivity index (χ2n) is 4.42. The van der Waals surface area contributed by atoms with Crippen LogP contribution in [0.4, 0.5) is 0 Å². The highest BCUT2D eigenvalue weighted by atomic mass is 35.5. The lowest BCUT2D eigenvalue weighted by Gasteiger charge is -2.16. The molecule has 2 aromatic heterocycles. The number of nitrogens with zero attached hydrogens (tertiary/aromatic N) is 4. The van der Waals surface area contributed by atoms with Crippen molar-refractivity contribution in [3.63, 3.8) is 0 Å². The third-order valence-corrected chi connectivity index (χ3v) is 3.52. The van der Waals surface area contributed by atoms with Crippen molar-refractivity contribution in [1.82, 2.24) is 19.9 Å². The van der Waals surface area contributed by atoms with Gasteiger partial charge in [-0.3, -0.25) is 4.79 Å². The van der Waals surface area contributed by atoms with Gasteiger partial charge in [0.2, 0.25) is 10.6 Å². The summed E-state index contributed by atoms with van der Waals surface area (Å²) in [5.41, 5.74) is 1.45. The van der Waals surface area contributed by atoms with Crippen molar-refractivity contribution in [3.05, 3.63) is 46.5 Å². The van der Waals surface area contributed by atoms with Crippen molar-refractivity contribution in [2.24, 2.45) is 0 Å². The van der Waals surface area contributed by atoms with Crippen LogP contribution in [0, 0.1) is 0 Å². The van der Waals surface area contributed by atoms with Crippen LogP contribution in [0.2, 0.25) is 10.6 Å². The zero-order valence-corrected chi connectivity index (χ0v) is 12.4. The van der Waals surface area contributed by atoms with E-state index in [9.17, 15) is 4.79 Å². The molecule has 2 atom stereocenters. The molecule has 20 heavy (non-hydrogen) atoms. The smallest absolute Gasteiger partial charge is 0.222 e. The zero-order valence-electron chi connectivity index (χ0n) is 10.9. The molecular formula is C13H12Cl2N4O. The average Bonchev–Trinajstić information content (AvgIpc) is 2.46. The van der Waals surface area contributed by atoms with Crippen LogP contribution in [0.25, 0.3) is 0 Å². The van der Waals surface area contributed by atoms with E-state index in [0.717, 1.165) is 11.1 Å². The highest BCUT2D eigenvalue weighted by Crippen LogP contribution is 2.25. The molecule has 2 rings (SSSR count). The summed E-state index contributed by atoms with van der Waals surface area (Å²) in [7, 11) is 0. The van der Waals surface area contributed by atoms with Crippen LogP contribution in [0.5, 0.6) is 0 Å². The minimum atomic E-state index is -0.335. The Bertz CT molecular complexity index is 547. The second kappa shape index (κ2) is 6.24. The fourth-order valence-electron chi connectivity index (χ4n) is 1.80. The predicted molar refractivity (Wildman–Crippen MR) is 75.9 cm³/mol. The fraction of sp³-hybridized carbons (Fsp3) is 0.308. The molecule has 0 aliphatic rings. The van der Waals surface area contributed by atoms with Crippen LogP contribution >= 0.6 is 23.2 Å². The maximum atomic E-state index is 12.4. The van der Waals surface area contributed by atoms with Crippen molar-refractivity contribution in [2.45, 2.75) is 25.7 Å². The highest BCUT2D eigenvalue weighted by Gasteiger charge is 2.23. The first kappa shape index (κ1) is 14.8. The Morgan fingerprint density at radius 1 is 0.850 bits per heavy atom. The number of rotatable bonds is 4. The number of halogens is 2. The molecule has 7 heteroatoms. The standard InChI is InChI=1S/C13H12Cl2N4O/c1-7(9-3-16-12(14)17-4-9)11(20)8(2)10-5-18-13(15)19-6-10/h3-8H,1-2H3. The Morgan fingerprint density at radius 2 is 1.15 bits per heavy atom. The molecule has 0 saturated heterocycles. The molecule has 0 aliphatic heterocycles. The summed E-state index contributed by atoms with van der Waals surface area (Å²) in [4.78, 5) is 28.0. The minimum absolute atomic E-state index is 0.0295. The van der Waals surface area contributed by atoms with Gasteiger partial charge >= 0.3 is 0 Å². The molecule has 0 radical (unpaired) electrons. The summed E-state index contributed by atoms with van der Waals surface area (Å²) in [6.45, 7) is 3.62. The first-order valence-electron chi connectivity index (χ1n) is 5.97. The Morgan fingerprint density at radius 3 is 1.45 bits per heavy atom. The molecular weight excluding hydrogens is 299 g/mol. The van der Waals surface area contributed by atoms with E-state index < -0.39 is 0 Å². The summed E-state index contributed by atoms with van der Waals surface area (Å²) in [5, 5.41) is 0.320. The molecule has 0 amide bonds. The van der Waals surface area contributed by atoms with E-state index in [4.69, 9.17) is 23.2 Å². The van der Waals surface area contributed by atoms with Gasteiger partial charge < -0.3 is 0 Å². The molecule has 0 aromatic carbocycles. The first-order valence-corrected chi connectivity index (χ1v) is 6.73. The maximum Gasteiger partial charge on any atom is 0.222 e. The van der Waals surface area contributed by atoms with E-state index in [2.05, 4.69) is 19.9 Å². The van der Waals surface area contributed by atoms with Crippen LogP contribution in [0.3, 0.4) is 0 Å². The van der Waals surface area contributed by atoms with Crippen molar-refractivity contribution >= 4 is 29.0 Å². The van der Waals surface area contributed by atoms with E-state index >= 15 is 0 Å². The van der Waals surface area contributed by atoms with E-state index in [-0.39, 0.29) is 28.2 Å². The summed E-state index contributed by atoms with van der Waals surface area (Å²) < 4.78 is 0. The monoisotopic (exact) mass is 310 g/mol. The minimum Gasteiger partial charge on any atom is -0.298 e. The van der Waals surface area contributed by atoms with E-state index in [1.165, 1.54) is 0 Å².